The molecule has 0 bridgehead atoms. The van der Waals surface area contributed by atoms with Crippen molar-refractivity contribution in [3.05, 3.63) is 47.2 Å². The number of hydrogen-bond acceptors (Lipinski definition) is 4. The number of H-pyrrole nitrogens is 1. The molecular weight excluding hydrogens is 340 g/mol. The lowest BCUT2D eigenvalue weighted by molar-refractivity contribution is 0.0601. The average molecular weight is 370 g/mol. The molecule has 0 spiro atoms. The van der Waals surface area contributed by atoms with E-state index in [9.17, 15) is 4.79 Å². The van der Waals surface area contributed by atoms with Crippen LogP contribution in [0.2, 0.25) is 0 Å². The van der Waals surface area contributed by atoms with Crippen molar-refractivity contribution in [3.8, 4) is 17.1 Å². The summed E-state index contributed by atoms with van der Waals surface area (Å²) < 4.78 is 10.2. The van der Waals surface area contributed by atoms with Gasteiger partial charge in [-0.3, -0.25) is 0 Å². The number of hydrogen-bond donors (Lipinski definition) is 1. The largest absolute Gasteiger partial charge is 0.480 e. The molecule has 2 aromatic heterocycles. The maximum Gasteiger partial charge on any atom is 0.337 e. The number of carbonyl (C=O) groups excluding carboxylic acids is 1. The summed E-state index contributed by atoms with van der Waals surface area (Å²) >= 11 is 0. The van der Waals surface area contributed by atoms with Gasteiger partial charge in [0.2, 0.25) is 5.88 Å². The molecule has 0 aliphatic rings. The zero-order valence-electron chi connectivity index (χ0n) is 17.6. The number of esters is 1. The zero-order valence-corrected chi connectivity index (χ0v) is 17.6. The van der Waals surface area contributed by atoms with Gasteiger partial charge in [-0.05, 0) is 49.7 Å². The molecule has 0 unspecified atom stereocenters. The standard InChI is InChI=1S/C18H18N2O3.2C2H6/c1-10-7-14(17(22-3)19-11(10)2)16-9-13-8-12(18(21)23-4)5-6-15(13)20-16;2*1-2/h5-9,20H,1-4H3;2*1-2H3. The van der Waals surface area contributed by atoms with Crippen LogP contribution in [0.15, 0.2) is 30.3 Å². The molecule has 0 saturated heterocycles. The van der Waals surface area contributed by atoms with Gasteiger partial charge in [-0.1, -0.05) is 27.7 Å². The van der Waals surface area contributed by atoms with Crippen LogP contribution in [0.25, 0.3) is 22.2 Å². The minimum Gasteiger partial charge on any atom is -0.480 e. The molecule has 146 valence electrons. The number of aromatic amines is 1. The first-order chi connectivity index (χ1) is 13.0. The molecule has 2 heterocycles. The van der Waals surface area contributed by atoms with Gasteiger partial charge in [0.15, 0.2) is 0 Å². The number of aromatic nitrogens is 2. The van der Waals surface area contributed by atoms with E-state index in [0.717, 1.165) is 33.4 Å². The normalized spacial score (nSPS) is 9.63. The summed E-state index contributed by atoms with van der Waals surface area (Å²) in [6, 6.07) is 9.45. The van der Waals surface area contributed by atoms with Crippen LogP contribution in [0.3, 0.4) is 0 Å². The Bertz CT molecular complexity index is 898. The van der Waals surface area contributed by atoms with Crippen LogP contribution < -0.4 is 4.74 Å². The Morgan fingerprint density at radius 1 is 1.00 bits per heavy atom. The summed E-state index contributed by atoms with van der Waals surface area (Å²) in [7, 11) is 2.99. The molecule has 1 aromatic carbocycles. The summed E-state index contributed by atoms with van der Waals surface area (Å²) in [6.45, 7) is 12.0. The van der Waals surface area contributed by atoms with Gasteiger partial charge in [0.25, 0.3) is 0 Å². The summed E-state index contributed by atoms with van der Waals surface area (Å²) in [5.74, 6) is 0.230. The third-order valence-electron chi connectivity index (χ3n) is 3.96. The number of carbonyl (C=O) groups is 1. The number of benzene rings is 1. The molecular formula is C22H30N2O3. The van der Waals surface area contributed by atoms with Crippen molar-refractivity contribution in [2.45, 2.75) is 41.5 Å². The van der Waals surface area contributed by atoms with E-state index in [1.807, 2.05) is 65.8 Å². The van der Waals surface area contributed by atoms with Gasteiger partial charge in [-0.15, -0.1) is 0 Å². The number of pyridine rings is 1. The molecule has 0 fully saturated rings. The van der Waals surface area contributed by atoms with E-state index in [1.165, 1.54) is 7.11 Å². The highest BCUT2D eigenvalue weighted by Gasteiger charge is 2.14. The maximum absolute atomic E-state index is 11.7. The first-order valence-corrected chi connectivity index (χ1v) is 9.27. The van der Waals surface area contributed by atoms with E-state index in [0.29, 0.717) is 11.4 Å². The van der Waals surface area contributed by atoms with Gasteiger partial charge < -0.3 is 14.5 Å². The topological polar surface area (TPSA) is 64.2 Å². The predicted octanol–water partition coefficient (Wildman–Crippen LogP) is 5.69. The van der Waals surface area contributed by atoms with Gasteiger partial charge in [0, 0.05) is 16.6 Å². The zero-order chi connectivity index (χ0) is 20.6. The molecule has 5 heteroatoms. The second-order valence-electron chi connectivity index (χ2n) is 5.42. The fourth-order valence-electron chi connectivity index (χ4n) is 2.55. The molecule has 1 N–H and O–H groups in total. The van der Waals surface area contributed by atoms with E-state index in [4.69, 9.17) is 9.47 Å². The van der Waals surface area contributed by atoms with Crippen molar-refractivity contribution in [2.24, 2.45) is 0 Å². The summed E-state index contributed by atoms with van der Waals surface area (Å²) in [6.07, 6.45) is 0. The number of nitrogens with zero attached hydrogens (tertiary/aromatic N) is 1. The molecule has 0 aliphatic carbocycles. The Balaban J connectivity index is 0.000000855. The second kappa shape index (κ2) is 10.4. The van der Waals surface area contributed by atoms with Crippen LogP contribution in [-0.4, -0.2) is 30.2 Å². The summed E-state index contributed by atoms with van der Waals surface area (Å²) in [4.78, 5) is 19.5. The number of methoxy groups -OCH3 is 2. The van der Waals surface area contributed by atoms with E-state index in [1.54, 1.807) is 13.2 Å². The number of nitrogens with one attached hydrogen (secondary N) is 1. The molecule has 3 rings (SSSR count). The minimum absolute atomic E-state index is 0.347. The highest BCUT2D eigenvalue weighted by molar-refractivity contribution is 5.96. The average Bonchev–Trinajstić information content (AvgIpc) is 3.15. The number of ether oxygens (including phenoxy) is 2. The predicted molar refractivity (Wildman–Crippen MR) is 112 cm³/mol. The molecule has 0 saturated carbocycles. The molecule has 0 atom stereocenters. The van der Waals surface area contributed by atoms with Crippen LogP contribution in [0.1, 0.15) is 49.3 Å². The van der Waals surface area contributed by atoms with E-state index >= 15 is 0 Å². The molecule has 0 amide bonds. The van der Waals surface area contributed by atoms with Crippen molar-refractivity contribution >= 4 is 16.9 Å². The third-order valence-corrected chi connectivity index (χ3v) is 3.96. The summed E-state index contributed by atoms with van der Waals surface area (Å²) in [5.41, 5.74) is 5.29. The Morgan fingerprint density at radius 3 is 2.26 bits per heavy atom. The van der Waals surface area contributed by atoms with Crippen molar-refractivity contribution < 1.29 is 14.3 Å². The smallest absolute Gasteiger partial charge is 0.337 e. The molecule has 27 heavy (non-hydrogen) atoms. The van der Waals surface area contributed by atoms with Crippen LogP contribution in [0, 0.1) is 13.8 Å². The fourth-order valence-corrected chi connectivity index (χ4v) is 2.55. The van der Waals surface area contributed by atoms with Crippen molar-refractivity contribution in [3.63, 3.8) is 0 Å². The molecule has 0 aliphatic heterocycles. The first-order valence-electron chi connectivity index (χ1n) is 9.27. The van der Waals surface area contributed by atoms with E-state index in [2.05, 4.69) is 9.97 Å². The Hall–Kier alpha value is -2.82. The van der Waals surface area contributed by atoms with E-state index in [-0.39, 0.29) is 5.97 Å². The minimum atomic E-state index is -0.347. The summed E-state index contributed by atoms with van der Waals surface area (Å²) in [5, 5.41) is 0.934. The van der Waals surface area contributed by atoms with Gasteiger partial charge in [0.1, 0.15) is 0 Å². The Labute approximate surface area is 161 Å². The molecule has 5 nitrogen and oxygen atoms in total. The Kier molecular flexibility index (Phi) is 8.52. The SMILES string of the molecule is CC.CC.COC(=O)c1ccc2[nH]c(-c3cc(C)c(C)nc3OC)cc2c1. The van der Waals surface area contributed by atoms with Gasteiger partial charge in [-0.25, -0.2) is 9.78 Å². The lowest BCUT2D eigenvalue weighted by Gasteiger charge is -2.09. The maximum atomic E-state index is 11.7. The van der Waals surface area contributed by atoms with Gasteiger partial charge >= 0.3 is 5.97 Å². The van der Waals surface area contributed by atoms with Crippen LogP contribution >= 0.6 is 0 Å². The number of aryl methyl sites for hydroxylation is 2. The van der Waals surface area contributed by atoms with Crippen LogP contribution in [0.4, 0.5) is 0 Å². The van der Waals surface area contributed by atoms with Gasteiger partial charge in [-0.2, -0.15) is 0 Å². The molecule has 3 aromatic rings. The van der Waals surface area contributed by atoms with Crippen molar-refractivity contribution in [1.29, 1.82) is 0 Å². The van der Waals surface area contributed by atoms with Crippen LogP contribution in [0.5, 0.6) is 5.88 Å². The third kappa shape index (κ3) is 4.88. The highest BCUT2D eigenvalue weighted by Crippen LogP contribution is 2.32. The van der Waals surface area contributed by atoms with E-state index < -0.39 is 0 Å². The monoisotopic (exact) mass is 370 g/mol. The quantitative estimate of drug-likeness (QED) is 0.601. The van der Waals surface area contributed by atoms with Crippen LogP contribution in [-0.2, 0) is 4.74 Å². The van der Waals surface area contributed by atoms with Crippen molar-refractivity contribution in [1.82, 2.24) is 9.97 Å². The fraction of sp³-hybridized carbons (Fsp3) is 0.364. The molecule has 0 radical (unpaired) electrons. The van der Waals surface area contributed by atoms with Crippen molar-refractivity contribution in [2.75, 3.05) is 14.2 Å². The first kappa shape index (κ1) is 22.2. The number of rotatable bonds is 3. The van der Waals surface area contributed by atoms with Gasteiger partial charge in [0.05, 0.1) is 31.0 Å². The highest BCUT2D eigenvalue weighted by atomic mass is 16.5. The Morgan fingerprint density at radius 2 is 1.67 bits per heavy atom. The lowest BCUT2D eigenvalue weighted by atomic mass is 10.1. The lowest BCUT2D eigenvalue weighted by Crippen LogP contribution is -2.00. The second-order valence-corrected chi connectivity index (χ2v) is 5.42. The number of fused-ring (bicyclic) bond motifs is 1.